The Balaban J connectivity index is 1.72. The van der Waals surface area contributed by atoms with Crippen molar-refractivity contribution < 1.29 is 9.15 Å². The quantitative estimate of drug-likeness (QED) is 0.667. The first-order chi connectivity index (χ1) is 13.3. The van der Waals surface area contributed by atoms with Crippen molar-refractivity contribution in [3.8, 4) is 0 Å². The summed E-state index contributed by atoms with van der Waals surface area (Å²) in [5, 5.41) is 2.75. The lowest BCUT2D eigenvalue weighted by atomic mass is 10.0. The second-order valence-electron chi connectivity index (χ2n) is 7.46. The molecule has 5 rings (SSSR count). The van der Waals surface area contributed by atoms with Gasteiger partial charge >= 0.3 is 0 Å². The zero-order valence-electron chi connectivity index (χ0n) is 15.4. The Morgan fingerprint density at radius 2 is 1.70 bits per heavy atom. The maximum atomic E-state index is 13.6. The Morgan fingerprint density at radius 1 is 0.926 bits per heavy atom. The number of morpholine rings is 1. The fraction of sp³-hybridized carbons (Fsp3) is 0.409. The third kappa shape index (κ3) is 3.01. The number of fused-ring (bicyclic) bond motifs is 3. The van der Waals surface area contributed by atoms with Gasteiger partial charge in [0.15, 0.2) is 5.43 Å². The van der Waals surface area contributed by atoms with Gasteiger partial charge in [0.2, 0.25) is 5.88 Å². The summed E-state index contributed by atoms with van der Waals surface area (Å²) in [5.74, 6) is 0.770. The van der Waals surface area contributed by atoms with Crippen LogP contribution in [0.5, 0.6) is 0 Å². The van der Waals surface area contributed by atoms with Crippen molar-refractivity contribution >= 4 is 27.6 Å². The zero-order chi connectivity index (χ0) is 18.2. The second kappa shape index (κ2) is 6.98. The van der Waals surface area contributed by atoms with E-state index in [1.54, 1.807) is 0 Å². The molecule has 0 N–H and O–H groups in total. The van der Waals surface area contributed by atoms with Crippen LogP contribution in [-0.4, -0.2) is 44.3 Å². The summed E-state index contributed by atoms with van der Waals surface area (Å²) in [5.41, 5.74) is 1.59. The first-order valence-electron chi connectivity index (χ1n) is 9.84. The van der Waals surface area contributed by atoms with Crippen molar-refractivity contribution in [1.29, 1.82) is 0 Å². The molecule has 2 saturated heterocycles. The molecule has 5 heteroatoms. The molecule has 0 spiro atoms. The van der Waals surface area contributed by atoms with Gasteiger partial charge in [-0.25, -0.2) is 0 Å². The molecule has 3 aromatic rings. The van der Waals surface area contributed by atoms with Crippen molar-refractivity contribution in [2.75, 3.05) is 44.3 Å². The van der Waals surface area contributed by atoms with Crippen LogP contribution in [0, 0.1) is 0 Å². The normalized spacial score (nSPS) is 18.6. The molecule has 1 aromatic heterocycles. The molecule has 0 radical (unpaired) electrons. The van der Waals surface area contributed by atoms with Gasteiger partial charge in [0, 0.05) is 32.7 Å². The zero-order valence-corrected chi connectivity index (χ0v) is 15.4. The van der Waals surface area contributed by atoms with Crippen molar-refractivity contribution in [2.24, 2.45) is 0 Å². The highest BCUT2D eigenvalue weighted by Gasteiger charge is 2.25. The van der Waals surface area contributed by atoms with Gasteiger partial charge in [0.25, 0.3) is 0 Å². The van der Waals surface area contributed by atoms with Crippen molar-refractivity contribution in [3.05, 3.63) is 52.2 Å². The Hall–Kier alpha value is -2.37. The lowest BCUT2D eigenvalue weighted by Gasteiger charge is -2.28. The summed E-state index contributed by atoms with van der Waals surface area (Å²) in [6, 6.07) is 12.0. The molecule has 0 aliphatic carbocycles. The average Bonchev–Trinajstić information content (AvgIpc) is 3.25. The number of hydrogen-bond donors (Lipinski definition) is 0. The van der Waals surface area contributed by atoms with Crippen LogP contribution in [0.4, 0.5) is 5.88 Å². The van der Waals surface area contributed by atoms with Crippen LogP contribution >= 0.6 is 0 Å². The van der Waals surface area contributed by atoms with E-state index in [4.69, 9.17) is 9.15 Å². The third-order valence-electron chi connectivity index (χ3n) is 5.74. The number of anilines is 1. The summed E-state index contributed by atoms with van der Waals surface area (Å²) in [6.45, 7) is 5.69. The predicted molar refractivity (Wildman–Crippen MR) is 108 cm³/mol. The van der Waals surface area contributed by atoms with Crippen LogP contribution in [0.15, 0.2) is 45.6 Å². The van der Waals surface area contributed by atoms with Gasteiger partial charge in [0.1, 0.15) is 5.58 Å². The molecule has 0 atom stereocenters. The van der Waals surface area contributed by atoms with E-state index in [1.807, 2.05) is 36.4 Å². The second-order valence-corrected chi connectivity index (χ2v) is 7.46. The smallest absolute Gasteiger partial charge is 0.204 e. The predicted octanol–water partition coefficient (Wildman–Crippen LogP) is 3.38. The molecule has 2 aliphatic heterocycles. The van der Waals surface area contributed by atoms with Crippen LogP contribution in [0.3, 0.4) is 0 Å². The molecule has 0 unspecified atom stereocenters. The summed E-state index contributed by atoms with van der Waals surface area (Å²) in [6.07, 6.45) is 2.30. The van der Waals surface area contributed by atoms with Gasteiger partial charge in [-0.2, -0.15) is 0 Å². The van der Waals surface area contributed by atoms with Crippen molar-refractivity contribution in [1.82, 2.24) is 4.90 Å². The topological polar surface area (TPSA) is 45.9 Å². The van der Waals surface area contributed by atoms with Gasteiger partial charge in [-0.1, -0.05) is 30.3 Å². The van der Waals surface area contributed by atoms with Crippen LogP contribution in [0.25, 0.3) is 21.7 Å². The Bertz CT molecular complexity index is 1030. The van der Waals surface area contributed by atoms with Crippen LogP contribution in [0.1, 0.15) is 18.4 Å². The van der Waals surface area contributed by atoms with E-state index in [-0.39, 0.29) is 5.43 Å². The molecule has 27 heavy (non-hydrogen) atoms. The van der Waals surface area contributed by atoms with Crippen LogP contribution in [0.2, 0.25) is 0 Å². The van der Waals surface area contributed by atoms with Crippen LogP contribution < -0.4 is 10.3 Å². The van der Waals surface area contributed by atoms with Gasteiger partial charge in [-0.05, 0) is 29.7 Å². The molecule has 0 saturated carbocycles. The van der Waals surface area contributed by atoms with E-state index in [2.05, 4.69) is 9.80 Å². The largest absolute Gasteiger partial charge is 0.440 e. The van der Waals surface area contributed by atoms with Gasteiger partial charge < -0.3 is 14.1 Å². The Morgan fingerprint density at radius 3 is 2.52 bits per heavy atom. The van der Waals surface area contributed by atoms with Gasteiger partial charge in [-0.15, -0.1) is 0 Å². The lowest BCUT2D eigenvalue weighted by molar-refractivity contribution is 0.0339. The van der Waals surface area contributed by atoms with Gasteiger partial charge in [-0.3, -0.25) is 9.69 Å². The standard InChI is InChI=1S/C22H24N2O3/c25-21-18(15-23-11-13-26-14-12-23)22(24-9-3-4-10-24)27-19-8-7-16-5-1-2-6-17(16)20(19)21/h1-2,5-8H,3-4,9-15H2. The Kier molecular flexibility index (Phi) is 4.34. The summed E-state index contributed by atoms with van der Waals surface area (Å²) in [4.78, 5) is 18.2. The minimum absolute atomic E-state index is 0.112. The van der Waals surface area contributed by atoms with Crippen molar-refractivity contribution in [3.63, 3.8) is 0 Å². The fourth-order valence-corrected chi connectivity index (χ4v) is 4.28. The summed E-state index contributed by atoms with van der Waals surface area (Å²) >= 11 is 0. The average molecular weight is 364 g/mol. The molecule has 2 aromatic carbocycles. The molecule has 140 valence electrons. The lowest BCUT2D eigenvalue weighted by Crippen LogP contribution is -2.37. The molecule has 2 fully saturated rings. The highest BCUT2D eigenvalue weighted by atomic mass is 16.5. The molecule has 5 nitrogen and oxygen atoms in total. The van der Waals surface area contributed by atoms with E-state index in [9.17, 15) is 4.79 Å². The summed E-state index contributed by atoms with van der Waals surface area (Å²) < 4.78 is 11.8. The Labute approximate surface area is 158 Å². The van der Waals surface area contributed by atoms with E-state index >= 15 is 0 Å². The highest BCUT2D eigenvalue weighted by molar-refractivity contribution is 6.05. The number of rotatable bonds is 3. The molecular formula is C22H24N2O3. The third-order valence-corrected chi connectivity index (χ3v) is 5.74. The van der Waals surface area contributed by atoms with E-state index in [0.29, 0.717) is 17.5 Å². The van der Waals surface area contributed by atoms with E-state index < -0.39 is 0 Å². The van der Waals surface area contributed by atoms with E-state index in [0.717, 1.165) is 74.5 Å². The monoisotopic (exact) mass is 364 g/mol. The van der Waals surface area contributed by atoms with E-state index in [1.165, 1.54) is 0 Å². The molecule has 2 aliphatic rings. The SMILES string of the molecule is O=c1c(CN2CCOCC2)c(N2CCCC2)oc2ccc3ccccc3c12. The van der Waals surface area contributed by atoms with Gasteiger partial charge in [0.05, 0.1) is 24.2 Å². The number of hydrogen-bond acceptors (Lipinski definition) is 5. The molecule has 0 amide bonds. The number of benzene rings is 2. The minimum Gasteiger partial charge on any atom is -0.440 e. The maximum Gasteiger partial charge on any atom is 0.204 e. The summed E-state index contributed by atoms with van der Waals surface area (Å²) in [7, 11) is 0. The minimum atomic E-state index is 0.112. The molecule has 0 bridgehead atoms. The fourth-order valence-electron chi connectivity index (χ4n) is 4.28. The van der Waals surface area contributed by atoms with Crippen molar-refractivity contribution in [2.45, 2.75) is 19.4 Å². The maximum absolute atomic E-state index is 13.6. The number of ether oxygens (including phenoxy) is 1. The number of nitrogens with zero attached hydrogens (tertiary/aromatic N) is 2. The first-order valence-corrected chi connectivity index (χ1v) is 9.84. The first kappa shape index (κ1) is 16.8. The highest BCUT2D eigenvalue weighted by Crippen LogP contribution is 2.31. The van der Waals surface area contributed by atoms with Crippen LogP contribution in [-0.2, 0) is 11.3 Å². The molecular weight excluding hydrogens is 340 g/mol. The molecule has 3 heterocycles.